The summed E-state index contributed by atoms with van der Waals surface area (Å²) >= 11 is 1.14. The zero-order valence-electron chi connectivity index (χ0n) is 17.8. The number of nitrogens with one attached hydrogen (secondary N) is 1. The van der Waals surface area contributed by atoms with E-state index in [1.165, 1.54) is 27.3 Å². The van der Waals surface area contributed by atoms with E-state index in [9.17, 15) is 18.0 Å². The molecule has 0 radical (unpaired) electrons. The van der Waals surface area contributed by atoms with Crippen molar-refractivity contribution in [3.05, 3.63) is 51.6 Å². The maximum atomic E-state index is 12.5. The molecule has 10 heteroatoms. The fourth-order valence-corrected chi connectivity index (χ4v) is 5.18. The van der Waals surface area contributed by atoms with Gasteiger partial charge in [-0.25, -0.2) is 12.7 Å². The van der Waals surface area contributed by atoms with Gasteiger partial charge in [-0.15, -0.1) is 0 Å². The SMILES string of the molecule is CCn1c(=O)sc2cc(NC(=O)CCc3cc(S(=O)(=O)N(C)C)ccc3OC)ccc21. The molecule has 0 aliphatic carbocycles. The van der Waals surface area contributed by atoms with Crippen molar-refractivity contribution in [2.45, 2.75) is 31.2 Å². The number of anilines is 1. The van der Waals surface area contributed by atoms with Crippen molar-refractivity contribution in [2.75, 3.05) is 26.5 Å². The molecule has 2 aromatic carbocycles. The van der Waals surface area contributed by atoms with Crippen LogP contribution in [0.3, 0.4) is 0 Å². The third kappa shape index (κ3) is 4.81. The summed E-state index contributed by atoms with van der Waals surface area (Å²) in [5.74, 6) is 0.308. The van der Waals surface area contributed by atoms with Gasteiger partial charge in [0.05, 0.1) is 22.2 Å². The van der Waals surface area contributed by atoms with E-state index in [1.807, 2.05) is 13.0 Å². The number of benzene rings is 2. The van der Waals surface area contributed by atoms with Crippen LogP contribution in [0.1, 0.15) is 18.9 Å². The van der Waals surface area contributed by atoms with E-state index in [1.54, 1.807) is 28.8 Å². The smallest absolute Gasteiger partial charge is 0.308 e. The molecule has 0 spiro atoms. The van der Waals surface area contributed by atoms with Gasteiger partial charge in [0, 0.05) is 32.7 Å². The molecule has 0 aliphatic heterocycles. The summed E-state index contributed by atoms with van der Waals surface area (Å²) < 4.78 is 33.8. The molecule has 0 bridgehead atoms. The van der Waals surface area contributed by atoms with Gasteiger partial charge in [0.25, 0.3) is 0 Å². The number of fused-ring (bicyclic) bond motifs is 1. The zero-order chi connectivity index (χ0) is 22.8. The number of sulfonamides is 1. The first-order valence-electron chi connectivity index (χ1n) is 9.70. The fraction of sp³-hybridized carbons (Fsp3) is 0.333. The predicted molar refractivity (Wildman–Crippen MR) is 123 cm³/mol. The van der Waals surface area contributed by atoms with E-state index in [-0.39, 0.29) is 22.1 Å². The Morgan fingerprint density at radius 3 is 2.58 bits per heavy atom. The molecule has 0 saturated heterocycles. The number of hydrogen-bond acceptors (Lipinski definition) is 6. The molecule has 3 aromatic rings. The third-order valence-electron chi connectivity index (χ3n) is 4.92. The van der Waals surface area contributed by atoms with E-state index < -0.39 is 10.0 Å². The second kappa shape index (κ2) is 9.21. The Morgan fingerprint density at radius 2 is 1.94 bits per heavy atom. The predicted octanol–water partition coefficient (Wildman–Crippen LogP) is 2.91. The van der Waals surface area contributed by atoms with Crippen LogP contribution in [0.4, 0.5) is 5.69 Å². The Balaban J connectivity index is 1.75. The van der Waals surface area contributed by atoms with Crippen LogP contribution < -0.4 is 14.9 Å². The summed E-state index contributed by atoms with van der Waals surface area (Å²) in [4.78, 5) is 24.6. The Labute approximate surface area is 185 Å². The Bertz CT molecular complexity index is 1280. The van der Waals surface area contributed by atoms with Crippen molar-refractivity contribution in [1.82, 2.24) is 8.87 Å². The summed E-state index contributed by atoms with van der Waals surface area (Å²) in [5, 5.41) is 2.84. The van der Waals surface area contributed by atoms with Gasteiger partial charge in [-0.1, -0.05) is 11.3 Å². The van der Waals surface area contributed by atoms with Gasteiger partial charge in [0.15, 0.2) is 0 Å². The number of aromatic nitrogens is 1. The largest absolute Gasteiger partial charge is 0.496 e. The molecule has 0 atom stereocenters. The van der Waals surface area contributed by atoms with Crippen LogP contribution in [-0.4, -0.2) is 44.4 Å². The standard InChI is InChI=1S/C21H25N3O5S2/c1-5-24-17-9-7-15(13-19(17)30-21(24)26)22-20(25)11-6-14-12-16(8-10-18(14)29-4)31(27,28)23(2)3/h7-10,12-13H,5-6,11H2,1-4H3,(H,22,25). The van der Waals surface area contributed by atoms with Gasteiger partial charge in [-0.2, -0.15) is 0 Å². The highest BCUT2D eigenvalue weighted by Crippen LogP contribution is 2.26. The quantitative estimate of drug-likeness (QED) is 0.554. The maximum absolute atomic E-state index is 12.5. The van der Waals surface area contributed by atoms with Crippen LogP contribution in [0.2, 0.25) is 0 Å². The highest BCUT2D eigenvalue weighted by atomic mass is 32.2. The summed E-state index contributed by atoms with van der Waals surface area (Å²) in [7, 11) is 0.851. The summed E-state index contributed by atoms with van der Waals surface area (Å²) in [6, 6.07) is 10.0. The normalized spacial score (nSPS) is 11.8. The zero-order valence-corrected chi connectivity index (χ0v) is 19.5. The van der Waals surface area contributed by atoms with Crippen molar-refractivity contribution >= 4 is 43.2 Å². The van der Waals surface area contributed by atoms with Crippen molar-refractivity contribution in [2.24, 2.45) is 0 Å². The van der Waals surface area contributed by atoms with Gasteiger partial charge < -0.3 is 10.1 Å². The minimum atomic E-state index is -3.59. The monoisotopic (exact) mass is 463 g/mol. The van der Waals surface area contributed by atoms with E-state index in [0.29, 0.717) is 30.0 Å². The minimum absolute atomic E-state index is 0.0272. The van der Waals surface area contributed by atoms with Crippen molar-refractivity contribution in [1.29, 1.82) is 0 Å². The number of nitrogens with zero attached hydrogens (tertiary/aromatic N) is 2. The van der Waals surface area contributed by atoms with E-state index in [0.717, 1.165) is 25.9 Å². The molecule has 0 saturated carbocycles. The van der Waals surface area contributed by atoms with Gasteiger partial charge in [-0.3, -0.25) is 14.2 Å². The number of ether oxygens (including phenoxy) is 1. The highest BCUT2D eigenvalue weighted by Gasteiger charge is 2.19. The maximum Gasteiger partial charge on any atom is 0.308 e. The van der Waals surface area contributed by atoms with Gasteiger partial charge >= 0.3 is 4.87 Å². The minimum Gasteiger partial charge on any atom is -0.496 e. The van der Waals surface area contributed by atoms with Crippen LogP contribution in [-0.2, 0) is 27.8 Å². The molecule has 3 rings (SSSR count). The number of amides is 1. The van der Waals surface area contributed by atoms with Crippen LogP contribution >= 0.6 is 11.3 Å². The first kappa shape index (κ1) is 23.0. The number of carbonyl (C=O) groups is 1. The first-order valence-corrected chi connectivity index (χ1v) is 12.0. The molecular weight excluding hydrogens is 438 g/mol. The molecule has 8 nitrogen and oxygen atoms in total. The second-order valence-electron chi connectivity index (χ2n) is 7.10. The van der Waals surface area contributed by atoms with Gasteiger partial charge in [0.2, 0.25) is 15.9 Å². The van der Waals surface area contributed by atoms with Gasteiger partial charge in [0.1, 0.15) is 5.75 Å². The Hall–Kier alpha value is -2.69. The van der Waals surface area contributed by atoms with E-state index >= 15 is 0 Å². The van der Waals surface area contributed by atoms with Crippen molar-refractivity contribution in [3.63, 3.8) is 0 Å². The molecule has 1 amide bonds. The van der Waals surface area contributed by atoms with Gasteiger partial charge in [-0.05, 0) is 55.3 Å². The molecule has 0 fully saturated rings. The second-order valence-corrected chi connectivity index (χ2v) is 10.2. The Kier molecular flexibility index (Phi) is 6.83. The average molecular weight is 464 g/mol. The molecule has 1 N–H and O–H groups in total. The number of hydrogen-bond donors (Lipinski definition) is 1. The first-order chi connectivity index (χ1) is 14.7. The number of thiazole rings is 1. The van der Waals surface area contributed by atoms with Crippen LogP contribution in [0.5, 0.6) is 5.75 Å². The lowest BCUT2D eigenvalue weighted by atomic mass is 10.1. The molecule has 1 heterocycles. The lowest BCUT2D eigenvalue weighted by Crippen LogP contribution is -2.22. The van der Waals surface area contributed by atoms with Crippen molar-refractivity contribution < 1.29 is 17.9 Å². The average Bonchev–Trinajstić information content (AvgIpc) is 3.05. The molecule has 31 heavy (non-hydrogen) atoms. The topological polar surface area (TPSA) is 97.7 Å². The van der Waals surface area contributed by atoms with Crippen molar-refractivity contribution in [3.8, 4) is 5.75 Å². The summed E-state index contributed by atoms with van der Waals surface area (Å²) in [6.07, 6.45) is 0.458. The number of methoxy groups -OCH3 is 1. The van der Waals surface area contributed by atoms with E-state index in [2.05, 4.69) is 5.32 Å². The third-order valence-corrected chi connectivity index (χ3v) is 7.67. The molecule has 166 valence electrons. The number of rotatable bonds is 8. The lowest BCUT2D eigenvalue weighted by Gasteiger charge is -2.14. The summed E-state index contributed by atoms with van der Waals surface area (Å²) in [6.45, 7) is 2.51. The van der Waals surface area contributed by atoms with Crippen LogP contribution in [0, 0.1) is 0 Å². The highest BCUT2D eigenvalue weighted by molar-refractivity contribution is 7.89. The summed E-state index contributed by atoms with van der Waals surface area (Å²) in [5.41, 5.74) is 2.09. The van der Waals surface area contributed by atoms with Crippen LogP contribution in [0.15, 0.2) is 46.1 Å². The number of aryl methyl sites for hydroxylation is 2. The molecule has 0 aliphatic rings. The lowest BCUT2D eigenvalue weighted by molar-refractivity contribution is -0.116. The fourth-order valence-electron chi connectivity index (χ4n) is 3.24. The Morgan fingerprint density at radius 1 is 1.19 bits per heavy atom. The molecule has 0 unspecified atom stereocenters. The molecule has 1 aromatic heterocycles. The van der Waals surface area contributed by atoms with E-state index in [4.69, 9.17) is 4.74 Å². The van der Waals surface area contributed by atoms with Crippen LogP contribution in [0.25, 0.3) is 10.2 Å². The number of carbonyl (C=O) groups excluding carboxylic acids is 1. The molecular formula is C21H25N3O5S2.